The van der Waals surface area contributed by atoms with E-state index in [-0.39, 0.29) is 15.9 Å². The van der Waals surface area contributed by atoms with E-state index in [1.807, 2.05) is 0 Å². The fraction of sp³-hybridized carbons (Fsp3) is 0.444. The van der Waals surface area contributed by atoms with Crippen molar-refractivity contribution in [2.45, 2.75) is 26.1 Å². The Morgan fingerprint density at radius 2 is 1.87 bits per heavy atom. The van der Waals surface area contributed by atoms with Crippen molar-refractivity contribution in [1.82, 2.24) is 4.57 Å². The van der Waals surface area contributed by atoms with Crippen molar-refractivity contribution < 1.29 is 13.2 Å². The molecule has 0 aliphatic carbocycles. The number of aromatic nitrogens is 1. The number of halogens is 3. The van der Waals surface area contributed by atoms with E-state index in [1.165, 1.54) is 6.07 Å². The van der Waals surface area contributed by atoms with Crippen LogP contribution in [0.4, 0.5) is 18.9 Å². The van der Waals surface area contributed by atoms with Gasteiger partial charge in [0.1, 0.15) is 0 Å². The van der Waals surface area contributed by atoms with Crippen LogP contribution >= 0.6 is 0 Å². The third-order valence-corrected chi connectivity index (χ3v) is 1.93. The molecule has 1 aromatic heterocycles. The second-order valence-electron chi connectivity index (χ2n) is 3.51. The normalized spacial score (nSPS) is 12.1. The van der Waals surface area contributed by atoms with Gasteiger partial charge in [0.2, 0.25) is 0 Å². The van der Waals surface area contributed by atoms with Crippen LogP contribution in [0.5, 0.6) is 0 Å². The number of rotatable bonds is 1. The van der Waals surface area contributed by atoms with Crippen molar-refractivity contribution in [3.8, 4) is 0 Å². The first-order chi connectivity index (χ1) is 6.73. The topological polar surface area (TPSA) is 48.0 Å². The van der Waals surface area contributed by atoms with Crippen molar-refractivity contribution in [1.29, 1.82) is 0 Å². The molecule has 0 saturated heterocycles. The van der Waals surface area contributed by atoms with Crippen LogP contribution in [0.25, 0.3) is 0 Å². The number of alkyl halides is 3. The van der Waals surface area contributed by atoms with Gasteiger partial charge in [0.25, 0.3) is 5.56 Å². The summed E-state index contributed by atoms with van der Waals surface area (Å²) in [5.74, 6) is -0.428. The summed E-state index contributed by atoms with van der Waals surface area (Å²) in [6, 6.07) is 1.93. The molecule has 6 heteroatoms. The molecule has 3 nitrogen and oxygen atoms in total. The molecule has 15 heavy (non-hydrogen) atoms. The summed E-state index contributed by atoms with van der Waals surface area (Å²) >= 11 is 0. The van der Waals surface area contributed by atoms with Crippen molar-refractivity contribution in [3.05, 3.63) is 28.2 Å². The number of pyridine rings is 1. The Kier molecular flexibility index (Phi) is 2.79. The Bertz CT molecular complexity index is 420. The van der Waals surface area contributed by atoms with Crippen LogP contribution in [0, 0.1) is 0 Å². The van der Waals surface area contributed by atoms with Gasteiger partial charge < -0.3 is 5.73 Å². The molecule has 1 rings (SSSR count). The Balaban J connectivity index is 3.55. The first kappa shape index (κ1) is 11.6. The number of nitrogen functional groups attached to an aromatic ring is 1. The molecule has 0 aromatic carbocycles. The molecule has 0 amide bonds. The predicted molar refractivity (Wildman–Crippen MR) is 50.5 cm³/mol. The monoisotopic (exact) mass is 220 g/mol. The predicted octanol–water partition coefficient (Wildman–Crippen LogP) is 2.03. The Morgan fingerprint density at radius 3 is 2.27 bits per heavy atom. The molecule has 2 N–H and O–H groups in total. The van der Waals surface area contributed by atoms with Gasteiger partial charge in [-0.05, 0) is 12.0 Å². The zero-order valence-electron chi connectivity index (χ0n) is 8.30. The zero-order valence-corrected chi connectivity index (χ0v) is 8.30. The van der Waals surface area contributed by atoms with E-state index in [9.17, 15) is 18.0 Å². The SMILES string of the molecule is CC(C)c1cc(N)cc(=O)n1C(F)(F)F. The van der Waals surface area contributed by atoms with E-state index >= 15 is 0 Å². The number of anilines is 1. The van der Waals surface area contributed by atoms with Gasteiger partial charge in [-0.2, -0.15) is 0 Å². The average Bonchev–Trinajstić information content (AvgIpc) is 1.99. The molecule has 0 bridgehead atoms. The van der Waals surface area contributed by atoms with E-state index in [0.29, 0.717) is 0 Å². The van der Waals surface area contributed by atoms with E-state index in [4.69, 9.17) is 5.73 Å². The summed E-state index contributed by atoms with van der Waals surface area (Å²) in [7, 11) is 0. The van der Waals surface area contributed by atoms with Crippen LogP contribution < -0.4 is 11.3 Å². The van der Waals surface area contributed by atoms with Crippen LogP contribution in [0.15, 0.2) is 16.9 Å². The summed E-state index contributed by atoms with van der Waals surface area (Å²) in [6.07, 6.45) is -4.70. The lowest BCUT2D eigenvalue weighted by atomic mass is 10.1. The maximum atomic E-state index is 12.5. The second-order valence-corrected chi connectivity index (χ2v) is 3.51. The fourth-order valence-electron chi connectivity index (χ4n) is 1.31. The largest absolute Gasteiger partial charge is 0.491 e. The van der Waals surface area contributed by atoms with Crippen LogP contribution in [-0.2, 0) is 6.30 Å². The lowest BCUT2D eigenvalue weighted by Crippen LogP contribution is -2.33. The minimum Gasteiger partial charge on any atom is -0.399 e. The molecule has 0 saturated carbocycles. The fourth-order valence-corrected chi connectivity index (χ4v) is 1.31. The molecular weight excluding hydrogens is 209 g/mol. The molecule has 0 unspecified atom stereocenters. The molecule has 0 spiro atoms. The number of nitrogens with two attached hydrogens (primary N) is 1. The molecule has 1 aromatic rings. The highest BCUT2D eigenvalue weighted by Gasteiger charge is 2.34. The Labute approximate surface area is 84.3 Å². The zero-order chi connectivity index (χ0) is 11.8. The summed E-state index contributed by atoms with van der Waals surface area (Å²) in [5, 5.41) is 0. The molecule has 84 valence electrons. The molecule has 0 atom stereocenters. The molecular formula is C9H11F3N2O. The van der Waals surface area contributed by atoms with Crippen molar-refractivity contribution >= 4 is 5.69 Å². The van der Waals surface area contributed by atoms with Crippen molar-refractivity contribution in [3.63, 3.8) is 0 Å². The molecule has 1 heterocycles. The molecule has 0 aliphatic heterocycles. The van der Waals surface area contributed by atoms with Gasteiger partial charge in [-0.25, -0.2) is 4.57 Å². The molecule has 0 radical (unpaired) electrons. The van der Waals surface area contributed by atoms with Crippen LogP contribution in [0.1, 0.15) is 25.5 Å². The maximum absolute atomic E-state index is 12.5. The van der Waals surface area contributed by atoms with E-state index < -0.39 is 17.8 Å². The van der Waals surface area contributed by atoms with Crippen molar-refractivity contribution in [2.75, 3.05) is 5.73 Å². The first-order valence-electron chi connectivity index (χ1n) is 4.33. The summed E-state index contributed by atoms with van der Waals surface area (Å²) in [5.41, 5.74) is 4.10. The summed E-state index contributed by atoms with van der Waals surface area (Å²) < 4.78 is 37.4. The lowest BCUT2D eigenvalue weighted by molar-refractivity contribution is -0.208. The quantitative estimate of drug-likeness (QED) is 0.787. The molecule has 0 aliphatic rings. The second kappa shape index (κ2) is 3.60. The third-order valence-electron chi connectivity index (χ3n) is 1.93. The highest BCUT2D eigenvalue weighted by atomic mass is 19.4. The van der Waals surface area contributed by atoms with E-state index in [2.05, 4.69) is 0 Å². The molecule has 0 fully saturated rings. The first-order valence-corrected chi connectivity index (χ1v) is 4.33. The summed E-state index contributed by atoms with van der Waals surface area (Å²) in [4.78, 5) is 11.2. The minimum absolute atomic E-state index is 0.0456. The number of nitrogens with zero attached hydrogens (tertiary/aromatic N) is 1. The minimum atomic E-state index is -4.70. The Morgan fingerprint density at radius 1 is 1.33 bits per heavy atom. The van der Waals surface area contributed by atoms with Gasteiger partial charge in [0, 0.05) is 17.4 Å². The highest BCUT2D eigenvalue weighted by Crippen LogP contribution is 2.26. The number of hydrogen-bond acceptors (Lipinski definition) is 2. The van der Waals surface area contributed by atoms with Crippen LogP contribution in [-0.4, -0.2) is 4.57 Å². The van der Waals surface area contributed by atoms with Gasteiger partial charge in [-0.1, -0.05) is 13.8 Å². The average molecular weight is 220 g/mol. The van der Waals surface area contributed by atoms with E-state index in [1.54, 1.807) is 13.8 Å². The maximum Gasteiger partial charge on any atom is 0.491 e. The van der Waals surface area contributed by atoms with Gasteiger partial charge in [0.15, 0.2) is 0 Å². The lowest BCUT2D eigenvalue weighted by Gasteiger charge is -2.18. The van der Waals surface area contributed by atoms with Gasteiger partial charge in [-0.3, -0.25) is 4.79 Å². The van der Waals surface area contributed by atoms with Crippen LogP contribution in [0.3, 0.4) is 0 Å². The van der Waals surface area contributed by atoms with E-state index in [0.717, 1.165) is 6.07 Å². The highest BCUT2D eigenvalue weighted by molar-refractivity contribution is 5.38. The summed E-state index contributed by atoms with van der Waals surface area (Å²) in [6.45, 7) is 3.13. The smallest absolute Gasteiger partial charge is 0.399 e. The van der Waals surface area contributed by atoms with Gasteiger partial charge >= 0.3 is 6.30 Å². The van der Waals surface area contributed by atoms with Gasteiger partial charge in [-0.15, -0.1) is 13.2 Å². The standard InChI is InChI=1S/C9H11F3N2O/c1-5(2)7-3-6(13)4-8(15)14(7)9(10,11)12/h3-5H,13H2,1-2H3. The van der Waals surface area contributed by atoms with Crippen LogP contribution in [0.2, 0.25) is 0 Å². The van der Waals surface area contributed by atoms with Crippen molar-refractivity contribution in [2.24, 2.45) is 0 Å². The Hall–Kier alpha value is -1.46. The number of hydrogen-bond donors (Lipinski definition) is 1. The third kappa shape index (κ3) is 2.31. The van der Waals surface area contributed by atoms with Gasteiger partial charge in [0.05, 0.1) is 0 Å².